The number of hydrazine groups is 1. The number of nitrogens with zero attached hydrogens (tertiary/aromatic N) is 2. The van der Waals surface area contributed by atoms with Crippen LogP contribution in [0, 0.1) is 42.4 Å². The van der Waals surface area contributed by atoms with Gasteiger partial charge in [0.2, 0.25) is 0 Å². The zero-order valence-corrected chi connectivity index (χ0v) is 26.1. The van der Waals surface area contributed by atoms with E-state index in [4.69, 9.17) is 27.4 Å². The summed E-state index contributed by atoms with van der Waals surface area (Å²) in [6.07, 6.45) is 5.01. The number of carbonyl (C=O) groups is 4. The van der Waals surface area contributed by atoms with Crippen LogP contribution in [0.1, 0.15) is 32.7 Å². The molecule has 1 aliphatic heterocycles. The lowest BCUT2D eigenvalue weighted by atomic mass is 9.63. The lowest BCUT2D eigenvalue weighted by molar-refractivity contribution is -0.154. The summed E-state index contributed by atoms with van der Waals surface area (Å²) < 4.78 is 30.6. The van der Waals surface area contributed by atoms with E-state index in [1.807, 2.05) is 19.1 Å². The Morgan fingerprint density at radius 1 is 0.889 bits per heavy atom. The van der Waals surface area contributed by atoms with Crippen molar-refractivity contribution in [1.82, 2.24) is 10.0 Å². The zero-order chi connectivity index (χ0) is 31.8. The van der Waals surface area contributed by atoms with Gasteiger partial charge >= 0.3 is 10.1 Å². The molecule has 3 amide bonds. The summed E-state index contributed by atoms with van der Waals surface area (Å²) in [4.78, 5) is 55.3. The zero-order valence-electron chi connectivity index (χ0n) is 23.8. The Kier molecular flexibility index (Phi) is 7.14. The number of aryl methyl sites for hydroxylation is 1. The molecule has 8 rings (SSSR count). The fourth-order valence-electron chi connectivity index (χ4n) is 7.02. The molecule has 0 radical (unpaired) electrons. The summed E-state index contributed by atoms with van der Waals surface area (Å²) in [5.74, 6) is -3.08. The monoisotopic (exact) mass is 664 g/mol. The molecule has 3 aromatic rings. The molecule has 0 aromatic heterocycles. The molecule has 9 nitrogen and oxygen atoms in total. The normalized spacial score (nSPS) is 26.0. The number of imide groups is 1. The van der Waals surface area contributed by atoms with E-state index in [1.165, 1.54) is 54.6 Å². The summed E-state index contributed by atoms with van der Waals surface area (Å²) in [7, 11) is -4.12. The lowest BCUT2D eigenvalue weighted by Crippen LogP contribution is -2.52. The number of ketones is 1. The van der Waals surface area contributed by atoms with Crippen molar-refractivity contribution in [1.29, 1.82) is 0 Å². The van der Waals surface area contributed by atoms with Crippen LogP contribution >= 0.6 is 23.2 Å². The molecule has 2 bridgehead atoms. The molecule has 6 atom stereocenters. The third-order valence-electron chi connectivity index (χ3n) is 9.26. The van der Waals surface area contributed by atoms with E-state index >= 15 is 0 Å². The van der Waals surface area contributed by atoms with E-state index in [-0.39, 0.29) is 43.7 Å². The Morgan fingerprint density at radius 2 is 1.49 bits per heavy atom. The first kappa shape index (κ1) is 29.7. The Labute approximate surface area is 269 Å². The second kappa shape index (κ2) is 10.8. The Balaban J connectivity index is 1.16. The standard InChI is InChI=1S/C33H26Cl2N2O7S/c1-17-2-9-21(10-3-17)45(42,43)44-20-7-4-18(5-8-20)28(38)16-36(31(39)24-11-6-19(34)14-27(24)35)37-32(40)29-22-12-13-23(26-15-25(22)26)30(29)33(37)41/h2-14,22-23,25-26,29-30H,15-16H2,1H3/t22-,23-,25-,26+,29+,30+/m0/s1. The van der Waals surface area contributed by atoms with Crippen LogP contribution in [0.15, 0.2) is 83.8 Å². The number of benzene rings is 3. The van der Waals surface area contributed by atoms with Gasteiger partial charge in [0.15, 0.2) is 5.78 Å². The number of hydrogen-bond acceptors (Lipinski definition) is 7. The number of amides is 3. The van der Waals surface area contributed by atoms with Crippen molar-refractivity contribution in [2.75, 3.05) is 6.54 Å². The number of carbonyl (C=O) groups excluding carboxylic acids is 4. The van der Waals surface area contributed by atoms with Crippen molar-refractivity contribution in [3.8, 4) is 5.75 Å². The van der Waals surface area contributed by atoms with Crippen LogP contribution in [0.4, 0.5) is 0 Å². The van der Waals surface area contributed by atoms with E-state index < -0.39 is 52.0 Å². The molecule has 0 unspecified atom stereocenters. The summed E-state index contributed by atoms with van der Waals surface area (Å²) in [5.41, 5.74) is 0.965. The molecule has 230 valence electrons. The number of allylic oxidation sites excluding steroid dienone is 2. The van der Waals surface area contributed by atoms with Gasteiger partial charge in [-0.2, -0.15) is 13.4 Å². The molecule has 3 fully saturated rings. The first-order chi connectivity index (χ1) is 21.4. The molecular weight excluding hydrogens is 639 g/mol. The number of halogens is 2. The van der Waals surface area contributed by atoms with Crippen molar-refractivity contribution >= 4 is 56.8 Å². The van der Waals surface area contributed by atoms with Crippen LogP contribution in [0.3, 0.4) is 0 Å². The Bertz CT molecular complexity index is 1870. The van der Waals surface area contributed by atoms with Gasteiger partial charge in [0.25, 0.3) is 17.7 Å². The number of Topliss-reactive ketones (excluding diaryl/α,β-unsaturated/α-hetero) is 1. The van der Waals surface area contributed by atoms with E-state index in [2.05, 4.69) is 0 Å². The molecule has 0 N–H and O–H groups in total. The van der Waals surface area contributed by atoms with Crippen molar-refractivity contribution in [2.45, 2.75) is 18.2 Å². The largest absolute Gasteiger partial charge is 0.379 e. The van der Waals surface area contributed by atoms with Gasteiger partial charge in [-0.05, 0) is 91.6 Å². The Hall–Kier alpha value is -3.99. The van der Waals surface area contributed by atoms with Crippen LogP contribution in [-0.2, 0) is 19.7 Å². The summed E-state index contributed by atoms with van der Waals surface area (Å²) in [5, 5.41) is 1.99. The van der Waals surface area contributed by atoms with Gasteiger partial charge in [-0.1, -0.05) is 53.1 Å². The maximum absolute atomic E-state index is 13.9. The highest BCUT2D eigenvalue weighted by Crippen LogP contribution is 2.65. The van der Waals surface area contributed by atoms with Gasteiger partial charge in [0.05, 0.1) is 22.4 Å². The van der Waals surface area contributed by atoms with Crippen LogP contribution in [0.2, 0.25) is 10.0 Å². The topological polar surface area (TPSA) is 118 Å². The third kappa shape index (κ3) is 5.05. The highest BCUT2D eigenvalue weighted by Gasteiger charge is 2.68. The van der Waals surface area contributed by atoms with Gasteiger partial charge in [-0.3, -0.25) is 19.2 Å². The molecule has 1 saturated heterocycles. The molecule has 1 heterocycles. The van der Waals surface area contributed by atoms with Gasteiger partial charge in [0.1, 0.15) is 17.2 Å². The predicted octanol–water partition coefficient (Wildman–Crippen LogP) is 5.36. The van der Waals surface area contributed by atoms with Crippen LogP contribution in [-0.4, -0.2) is 48.5 Å². The fourth-order valence-corrected chi connectivity index (χ4v) is 8.44. The second-order valence-corrected chi connectivity index (χ2v) is 14.3. The average molecular weight is 666 g/mol. The van der Waals surface area contributed by atoms with E-state index in [0.29, 0.717) is 11.8 Å². The van der Waals surface area contributed by atoms with E-state index in [9.17, 15) is 27.6 Å². The summed E-state index contributed by atoms with van der Waals surface area (Å²) in [6.45, 7) is 1.18. The molecule has 0 spiro atoms. The first-order valence-electron chi connectivity index (χ1n) is 14.4. The molecule has 2 saturated carbocycles. The molecule has 5 aliphatic rings. The minimum absolute atomic E-state index is 0.000675. The van der Waals surface area contributed by atoms with E-state index in [1.54, 1.807) is 12.1 Å². The highest BCUT2D eigenvalue weighted by molar-refractivity contribution is 7.87. The molecule has 4 aliphatic carbocycles. The van der Waals surface area contributed by atoms with Gasteiger partial charge in [-0.25, -0.2) is 5.01 Å². The minimum Gasteiger partial charge on any atom is -0.379 e. The summed E-state index contributed by atoms with van der Waals surface area (Å²) in [6, 6.07) is 15.7. The van der Waals surface area contributed by atoms with Crippen LogP contribution in [0.25, 0.3) is 0 Å². The Morgan fingerprint density at radius 3 is 2.07 bits per heavy atom. The maximum Gasteiger partial charge on any atom is 0.339 e. The predicted molar refractivity (Wildman–Crippen MR) is 164 cm³/mol. The van der Waals surface area contributed by atoms with Crippen LogP contribution in [0.5, 0.6) is 5.75 Å². The van der Waals surface area contributed by atoms with Crippen molar-refractivity contribution in [3.05, 3.63) is 106 Å². The summed E-state index contributed by atoms with van der Waals surface area (Å²) >= 11 is 12.4. The number of hydrogen-bond donors (Lipinski definition) is 0. The average Bonchev–Trinajstić information content (AvgIpc) is 3.79. The van der Waals surface area contributed by atoms with Crippen molar-refractivity contribution < 1.29 is 31.8 Å². The molecule has 45 heavy (non-hydrogen) atoms. The second-order valence-electron chi connectivity index (χ2n) is 11.9. The van der Waals surface area contributed by atoms with Gasteiger partial charge < -0.3 is 4.18 Å². The third-order valence-corrected chi connectivity index (χ3v) is 11.1. The van der Waals surface area contributed by atoms with E-state index in [0.717, 1.165) is 22.0 Å². The van der Waals surface area contributed by atoms with Crippen molar-refractivity contribution in [2.24, 2.45) is 35.5 Å². The van der Waals surface area contributed by atoms with Gasteiger partial charge in [-0.15, -0.1) is 0 Å². The first-order valence-corrected chi connectivity index (χ1v) is 16.6. The van der Waals surface area contributed by atoms with Crippen molar-refractivity contribution in [3.63, 3.8) is 0 Å². The highest BCUT2D eigenvalue weighted by atomic mass is 35.5. The minimum atomic E-state index is -4.12. The maximum atomic E-state index is 13.9. The molecule has 3 aromatic carbocycles. The molecular formula is C33H26Cl2N2O7S. The van der Waals surface area contributed by atoms with Gasteiger partial charge in [0, 0.05) is 10.6 Å². The van der Waals surface area contributed by atoms with Crippen LogP contribution < -0.4 is 4.18 Å². The lowest BCUT2D eigenvalue weighted by Gasteiger charge is -2.37. The number of rotatable bonds is 8. The smallest absolute Gasteiger partial charge is 0.339 e. The quantitative estimate of drug-likeness (QED) is 0.138. The fraction of sp³-hybridized carbons (Fsp3) is 0.273. The molecule has 12 heteroatoms. The SMILES string of the molecule is Cc1ccc(S(=O)(=O)Oc2ccc(C(=O)CN(C(=O)c3ccc(Cl)cc3Cl)N3C(=O)[C@@H]4[C@H]5C=C[C@@H]([C@@H]6C[C@H]56)[C@H]4C3=O)cc2)cc1.